The Morgan fingerprint density at radius 2 is 2.21 bits per heavy atom. The Bertz CT molecular complexity index is 405. The van der Waals surface area contributed by atoms with Gasteiger partial charge < -0.3 is 4.18 Å². The van der Waals surface area contributed by atoms with Crippen molar-refractivity contribution in [3.63, 3.8) is 0 Å². The highest BCUT2D eigenvalue weighted by atomic mass is 79.9. The van der Waals surface area contributed by atoms with Gasteiger partial charge in [-0.25, -0.2) is 0 Å². The maximum absolute atomic E-state index is 11.2. The molecule has 0 aromatic carbocycles. The molecule has 0 unspecified atom stereocenters. The molecule has 6 heteroatoms. The highest BCUT2D eigenvalue weighted by molar-refractivity contribution is 9.10. The van der Waals surface area contributed by atoms with Crippen LogP contribution in [0.4, 0.5) is 0 Å². The summed E-state index contributed by atoms with van der Waals surface area (Å²) in [5.41, 5.74) is 0. The molecule has 1 heterocycles. The van der Waals surface area contributed by atoms with Crippen LogP contribution >= 0.6 is 15.9 Å². The summed E-state index contributed by atoms with van der Waals surface area (Å²) in [7, 11) is -3.46. The summed E-state index contributed by atoms with van der Waals surface area (Å²) < 4.78 is 28.0. The summed E-state index contributed by atoms with van der Waals surface area (Å²) >= 11 is 3.17. The van der Waals surface area contributed by atoms with Gasteiger partial charge in [0.25, 0.3) is 0 Å². The van der Waals surface area contributed by atoms with Gasteiger partial charge in [-0.1, -0.05) is 6.92 Å². The van der Waals surface area contributed by atoms with E-state index in [0.717, 1.165) is 0 Å². The molecule has 78 valence electrons. The first-order valence-electron chi connectivity index (χ1n) is 4.06. The van der Waals surface area contributed by atoms with Crippen LogP contribution in [0.3, 0.4) is 0 Å². The Labute approximate surface area is 91.6 Å². The van der Waals surface area contributed by atoms with Crippen molar-refractivity contribution in [1.29, 1.82) is 0 Å². The van der Waals surface area contributed by atoms with E-state index in [0.29, 0.717) is 10.9 Å². The third-order valence-electron chi connectivity index (χ3n) is 1.36. The fraction of sp³-hybridized carbons (Fsp3) is 0.375. The monoisotopic (exact) mass is 279 g/mol. The number of hydrogen-bond donors (Lipinski definition) is 0. The van der Waals surface area contributed by atoms with Crippen molar-refractivity contribution in [3.05, 3.63) is 22.9 Å². The average Bonchev–Trinajstić information content (AvgIpc) is 2.02. The second-order valence-corrected chi connectivity index (χ2v) is 5.29. The molecule has 0 aliphatic carbocycles. The predicted molar refractivity (Wildman–Crippen MR) is 56.6 cm³/mol. The van der Waals surface area contributed by atoms with E-state index in [2.05, 4.69) is 20.9 Å². The predicted octanol–water partition coefficient (Wildman–Crippen LogP) is 1.96. The molecular formula is C8H10BrNO3S. The summed E-state index contributed by atoms with van der Waals surface area (Å²) in [4.78, 5) is 3.79. The minimum Gasteiger partial charge on any atom is -0.381 e. The van der Waals surface area contributed by atoms with Crippen LogP contribution in [0.1, 0.15) is 13.3 Å². The van der Waals surface area contributed by atoms with Crippen LogP contribution in [0.25, 0.3) is 0 Å². The lowest BCUT2D eigenvalue weighted by atomic mass is 10.5. The Morgan fingerprint density at radius 3 is 2.79 bits per heavy atom. The Kier molecular flexibility index (Phi) is 3.88. The number of hydrogen-bond acceptors (Lipinski definition) is 4. The largest absolute Gasteiger partial charge is 0.381 e. The van der Waals surface area contributed by atoms with Crippen LogP contribution < -0.4 is 4.18 Å². The maximum atomic E-state index is 11.2. The van der Waals surface area contributed by atoms with Gasteiger partial charge in [-0.2, -0.15) is 8.42 Å². The standard InChI is InChI=1S/C8H10BrNO3S/c1-2-3-14(11,12)13-8-4-7(9)5-10-6-8/h4-6H,2-3H2,1H3. The van der Waals surface area contributed by atoms with E-state index in [9.17, 15) is 8.42 Å². The second-order valence-electron chi connectivity index (χ2n) is 2.68. The number of aromatic nitrogens is 1. The summed E-state index contributed by atoms with van der Waals surface area (Å²) in [5, 5.41) is 0. The van der Waals surface area contributed by atoms with Gasteiger partial charge in [0, 0.05) is 10.7 Å². The van der Waals surface area contributed by atoms with E-state index in [1.165, 1.54) is 6.20 Å². The van der Waals surface area contributed by atoms with Crippen LogP contribution in [0, 0.1) is 0 Å². The fourth-order valence-corrected chi connectivity index (χ4v) is 2.19. The van der Waals surface area contributed by atoms with Crippen LogP contribution in [0.15, 0.2) is 22.9 Å². The topological polar surface area (TPSA) is 56.3 Å². The van der Waals surface area contributed by atoms with E-state index < -0.39 is 10.1 Å². The van der Waals surface area contributed by atoms with Gasteiger partial charge in [-0.15, -0.1) is 0 Å². The number of pyridine rings is 1. The first kappa shape index (κ1) is 11.5. The minimum atomic E-state index is -3.46. The summed E-state index contributed by atoms with van der Waals surface area (Å²) in [6.45, 7) is 1.78. The van der Waals surface area contributed by atoms with Crippen molar-refractivity contribution >= 4 is 26.0 Å². The van der Waals surface area contributed by atoms with E-state index in [1.807, 2.05) is 0 Å². The third kappa shape index (κ3) is 3.63. The van der Waals surface area contributed by atoms with Crippen LogP contribution in [-0.2, 0) is 10.1 Å². The van der Waals surface area contributed by atoms with E-state index in [-0.39, 0.29) is 11.5 Å². The van der Waals surface area contributed by atoms with Crippen molar-refractivity contribution in [2.45, 2.75) is 13.3 Å². The van der Waals surface area contributed by atoms with Gasteiger partial charge in [-0.3, -0.25) is 4.98 Å². The molecule has 0 atom stereocenters. The molecule has 14 heavy (non-hydrogen) atoms. The molecule has 0 saturated heterocycles. The highest BCUT2D eigenvalue weighted by Gasteiger charge is 2.11. The van der Waals surface area contributed by atoms with Gasteiger partial charge in [0.2, 0.25) is 0 Å². The van der Waals surface area contributed by atoms with Gasteiger partial charge in [0.05, 0.1) is 11.9 Å². The molecule has 1 aromatic heterocycles. The Morgan fingerprint density at radius 1 is 1.50 bits per heavy atom. The fourth-order valence-electron chi connectivity index (χ4n) is 0.876. The zero-order valence-corrected chi connectivity index (χ0v) is 10.0. The van der Waals surface area contributed by atoms with Crippen molar-refractivity contribution in [3.8, 4) is 5.75 Å². The molecule has 0 aliphatic heterocycles. The molecule has 4 nitrogen and oxygen atoms in total. The van der Waals surface area contributed by atoms with Crippen molar-refractivity contribution in [1.82, 2.24) is 4.98 Å². The number of halogens is 1. The lowest BCUT2D eigenvalue weighted by Gasteiger charge is -2.04. The average molecular weight is 280 g/mol. The van der Waals surface area contributed by atoms with E-state index in [4.69, 9.17) is 4.18 Å². The molecule has 0 amide bonds. The molecule has 0 spiro atoms. The molecule has 0 fully saturated rings. The normalized spacial score (nSPS) is 11.3. The number of nitrogens with zero attached hydrogens (tertiary/aromatic N) is 1. The molecule has 0 bridgehead atoms. The molecule has 0 saturated carbocycles. The maximum Gasteiger partial charge on any atom is 0.309 e. The molecule has 1 aromatic rings. The van der Waals surface area contributed by atoms with Gasteiger partial charge >= 0.3 is 10.1 Å². The van der Waals surface area contributed by atoms with Crippen LogP contribution in [0.5, 0.6) is 5.75 Å². The highest BCUT2D eigenvalue weighted by Crippen LogP contribution is 2.17. The first-order chi connectivity index (χ1) is 6.53. The molecular weight excluding hydrogens is 270 g/mol. The summed E-state index contributed by atoms with van der Waals surface area (Å²) in [6, 6.07) is 1.56. The Hall–Kier alpha value is -0.620. The van der Waals surface area contributed by atoms with E-state index in [1.54, 1.807) is 19.2 Å². The molecule has 1 rings (SSSR count). The lowest BCUT2D eigenvalue weighted by molar-refractivity contribution is 0.484. The minimum absolute atomic E-state index is 0.0134. The van der Waals surface area contributed by atoms with E-state index >= 15 is 0 Å². The zero-order valence-electron chi connectivity index (χ0n) is 7.60. The smallest absolute Gasteiger partial charge is 0.309 e. The third-order valence-corrected chi connectivity index (χ3v) is 3.15. The molecule has 0 aliphatic rings. The molecule has 0 N–H and O–H groups in total. The quantitative estimate of drug-likeness (QED) is 0.791. The zero-order chi connectivity index (χ0) is 10.6. The van der Waals surface area contributed by atoms with Crippen molar-refractivity contribution < 1.29 is 12.6 Å². The lowest BCUT2D eigenvalue weighted by Crippen LogP contribution is -2.13. The Balaban J connectivity index is 2.79. The van der Waals surface area contributed by atoms with Gasteiger partial charge in [0.1, 0.15) is 0 Å². The van der Waals surface area contributed by atoms with Crippen molar-refractivity contribution in [2.75, 3.05) is 5.75 Å². The molecule has 0 radical (unpaired) electrons. The summed E-state index contributed by atoms with van der Waals surface area (Å²) in [6.07, 6.45) is 3.45. The van der Waals surface area contributed by atoms with Gasteiger partial charge in [-0.05, 0) is 28.4 Å². The van der Waals surface area contributed by atoms with Crippen molar-refractivity contribution in [2.24, 2.45) is 0 Å². The van der Waals surface area contributed by atoms with Crippen LogP contribution in [0.2, 0.25) is 0 Å². The van der Waals surface area contributed by atoms with Gasteiger partial charge in [0.15, 0.2) is 5.75 Å². The second kappa shape index (κ2) is 4.75. The SMILES string of the molecule is CCCS(=O)(=O)Oc1cncc(Br)c1. The summed E-state index contributed by atoms with van der Waals surface area (Å²) in [5.74, 6) is 0.243. The first-order valence-corrected chi connectivity index (χ1v) is 6.43. The number of rotatable bonds is 4. The van der Waals surface area contributed by atoms with Crippen LogP contribution in [-0.4, -0.2) is 19.2 Å².